The number of hydrogen-bond acceptors (Lipinski definition) is 9. The second-order valence-corrected chi connectivity index (χ2v) is 8.08. The normalized spacial score (nSPS) is 24.8. The Kier molecular flexibility index (Phi) is 9.60. The first-order valence-corrected chi connectivity index (χ1v) is 10.6. The monoisotopic (exact) mass is 515 g/mol. The highest BCUT2D eigenvalue weighted by Gasteiger charge is 2.51. The lowest BCUT2D eigenvalue weighted by Gasteiger charge is -2.44. The Morgan fingerprint density at radius 2 is 1.66 bits per heavy atom. The molecule has 2 rings (SSSR count). The van der Waals surface area contributed by atoms with Gasteiger partial charge in [-0.3, -0.25) is 19.2 Å². The molecule has 1 aromatic rings. The van der Waals surface area contributed by atoms with E-state index in [-0.39, 0.29) is 13.2 Å². The number of ether oxygens (including phenoxy) is 5. The van der Waals surface area contributed by atoms with Crippen LogP contribution >= 0.6 is 15.9 Å². The highest BCUT2D eigenvalue weighted by molar-refractivity contribution is 9.10. The van der Waals surface area contributed by atoms with E-state index in [1.807, 2.05) is 24.3 Å². The number of benzene rings is 1. The number of halogens is 1. The molecule has 5 atom stereocenters. The Labute approximate surface area is 194 Å². The summed E-state index contributed by atoms with van der Waals surface area (Å²) in [4.78, 5) is 46.8. The summed E-state index contributed by atoms with van der Waals surface area (Å²) in [5, 5.41) is 2.65. The molecule has 1 aliphatic heterocycles. The molecule has 0 unspecified atom stereocenters. The summed E-state index contributed by atoms with van der Waals surface area (Å²) in [6, 6.07) is 6.37. The zero-order valence-electron chi connectivity index (χ0n) is 18.2. The quantitative estimate of drug-likeness (QED) is 0.405. The molecule has 1 amide bonds. The van der Waals surface area contributed by atoms with Crippen LogP contribution in [0.2, 0.25) is 0 Å². The molecule has 176 valence electrons. The summed E-state index contributed by atoms with van der Waals surface area (Å²) < 4.78 is 28.5. The zero-order valence-corrected chi connectivity index (χ0v) is 19.7. The lowest BCUT2D eigenvalue weighted by Crippen LogP contribution is -2.66. The first kappa shape index (κ1) is 25.8. The van der Waals surface area contributed by atoms with Crippen LogP contribution in [0.4, 0.5) is 0 Å². The molecular formula is C21H26BrNO9. The minimum absolute atomic E-state index is 0.103. The number of carbonyl (C=O) groups is 4. The van der Waals surface area contributed by atoms with E-state index in [2.05, 4.69) is 21.2 Å². The number of amides is 1. The van der Waals surface area contributed by atoms with Crippen molar-refractivity contribution < 1.29 is 42.9 Å². The average molecular weight is 516 g/mol. The predicted octanol–water partition coefficient (Wildman–Crippen LogP) is 1.62. The molecule has 1 heterocycles. The van der Waals surface area contributed by atoms with Gasteiger partial charge in [0, 0.05) is 32.2 Å². The van der Waals surface area contributed by atoms with Crippen molar-refractivity contribution >= 4 is 39.7 Å². The van der Waals surface area contributed by atoms with Gasteiger partial charge in [-0.15, -0.1) is 0 Å². The van der Waals surface area contributed by atoms with E-state index in [9.17, 15) is 19.2 Å². The second-order valence-electron chi connectivity index (χ2n) is 7.16. The van der Waals surface area contributed by atoms with Gasteiger partial charge in [-0.25, -0.2) is 0 Å². The summed E-state index contributed by atoms with van der Waals surface area (Å²) in [6.07, 6.45) is -4.42. The lowest BCUT2D eigenvalue weighted by molar-refractivity contribution is -0.280. The minimum atomic E-state index is -1.15. The molecule has 0 bridgehead atoms. The third kappa shape index (κ3) is 7.88. The van der Waals surface area contributed by atoms with Gasteiger partial charge in [0.05, 0.1) is 6.61 Å². The third-order valence-electron chi connectivity index (χ3n) is 4.37. The molecule has 32 heavy (non-hydrogen) atoms. The van der Waals surface area contributed by atoms with Gasteiger partial charge in [0.2, 0.25) is 5.91 Å². The minimum Gasteiger partial charge on any atom is -0.463 e. The van der Waals surface area contributed by atoms with E-state index in [4.69, 9.17) is 23.7 Å². The van der Waals surface area contributed by atoms with Gasteiger partial charge in [0.15, 0.2) is 18.5 Å². The Bertz CT molecular complexity index is 846. The van der Waals surface area contributed by atoms with Gasteiger partial charge < -0.3 is 29.0 Å². The van der Waals surface area contributed by atoms with Crippen LogP contribution in [0, 0.1) is 0 Å². The Morgan fingerprint density at radius 3 is 2.22 bits per heavy atom. The van der Waals surface area contributed by atoms with Gasteiger partial charge in [-0.05, 0) is 17.7 Å². The average Bonchev–Trinajstić information content (AvgIpc) is 2.67. The fourth-order valence-corrected chi connectivity index (χ4v) is 3.68. The van der Waals surface area contributed by atoms with Crippen molar-refractivity contribution in [1.29, 1.82) is 0 Å². The van der Waals surface area contributed by atoms with Crippen LogP contribution in [0.5, 0.6) is 0 Å². The van der Waals surface area contributed by atoms with Gasteiger partial charge in [-0.1, -0.05) is 28.1 Å². The van der Waals surface area contributed by atoms with E-state index in [0.717, 1.165) is 10.0 Å². The highest BCUT2D eigenvalue weighted by atomic mass is 79.9. The van der Waals surface area contributed by atoms with Crippen LogP contribution in [0.15, 0.2) is 28.7 Å². The predicted molar refractivity (Wildman–Crippen MR) is 113 cm³/mol. The van der Waals surface area contributed by atoms with Gasteiger partial charge in [-0.2, -0.15) is 0 Å². The Morgan fingerprint density at radius 1 is 1.00 bits per heavy atom. The summed E-state index contributed by atoms with van der Waals surface area (Å²) >= 11 is 3.39. The number of esters is 3. The first-order valence-electron chi connectivity index (χ1n) is 9.83. The maximum absolute atomic E-state index is 11.9. The number of rotatable bonds is 8. The molecule has 1 N–H and O–H groups in total. The lowest BCUT2D eigenvalue weighted by atomic mass is 9.96. The summed E-state index contributed by atoms with van der Waals surface area (Å²) in [7, 11) is 0. The van der Waals surface area contributed by atoms with Gasteiger partial charge in [0.1, 0.15) is 18.8 Å². The third-order valence-corrected chi connectivity index (χ3v) is 4.87. The van der Waals surface area contributed by atoms with E-state index in [1.165, 1.54) is 27.7 Å². The van der Waals surface area contributed by atoms with Crippen LogP contribution in [0.25, 0.3) is 0 Å². The molecule has 0 saturated carbocycles. The number of hydrogen-bond donors (Lipinski definition) is 1. The van der Waals surface area contributed by atoms with Crippen LogP contribution in [0.1, 0.15) is 33.3 Å². The topological polar surface area (TPSA) is 126 Å². The maximum atomic E-state index is 11.9. The van der Waals surface area contributed by atoms with Crippen molar-refractivity contribution in [2.75, 3.05) is 6.61 Å². The van der Waals surface area contributed by atoms with Crippen LogP contribution in [-0.2, 0) is 49.5 Å². The van der Waals surface area contributed by atoms with Crippen molar-refractivity contribution in [3.63, 3.8) is 0 Å². The van der Waals surface area contributed by atoms with Crippen molar-refractivity contribution in [2.45, 2.75) is 64.9 Å². The first-order chi connectivity index (χ1) is 15.1. The molecule has 0 aromatic heterocycles. The van der Waals surface area contributed by atoms with Crippen molar-refractivity contribution in [1.82, 2.24) is 5.32 Å². The molecule has 10 nitrogen and oxygen atoms in total. The largest absolute Gasteiger partial charge is 0.463 e. The summed E-state index contributed by atoms with van der Waals surface area (Å²) in [5.74, 6) is -2.35. The van der Waals surface area contributed by atoms with Gasteiger partial charge >= 0.3 is 17.9 Å². The number of nitrogens with one attached hydrogen (secondary N) is 1. The fraction of sp³-hybridized carbons (Fsp3) is 0.524. The summed E-state index contributed by atoms with van der Waals surface area (Å²) in [5.41, 5.74) is 0.812. The van der Waals surface area contributed by atoms with E-state index >= 15 is 0 Å². The molecule has 0 aliphatic carbocycles. The molecule has 0 radical (unpaired) electrons. The second kappa shape index (κ2) is 11.9. The van der Waals surface area contributed by atoms with Gasteiger partial charge in [0.25, 0.3) is 0 Å². The van der Waals surface area contributed by atoms with Crippen molar-refractivity contribution in [3.8, 4) is 0 Å². The van der Waals surface area contributed by atoms with E-state index in [0.29, 0.717) is 0 Å². The maximum Gasteiger partial charge on any atom is 0.303 e. The molecule has 1 aliphatic rings. The molecular weight excluding hydrogens is 490 g/mol. The molecule has 1 saturated heterocycles. The molecule has 1 fully saturated rings. The fourth-order valence-electron chi connectivity index (χ4n) is 3.24. The number of carbonyl (C=O) groups excluding carboxylic acids is 4. The standard InChI is InChI=1S/C21H26BrNO9/c1-11(24)23-18-20(31-14(4)27)19(30-13(3)26)17(10-28-12(2)25)32-21(18)29-9-15-6-5-7-16(22)8-15/h5-8,17-21H,9-10H2,1-4H3,(H,23,24)/t17-,18+,19+,20-,21-/m1/s1. The Balaban J connectivity index is 2.36. The smallest absolute Gasteiger partial charge is 0.303 e. The van der Waals surface area contributed by atoms with Crippen LogP contribution in [0.3, 0.4) is 0 Å². The van der Waals surface area contributed by atoms with Crippen molar-refractivity contribution in [3.05, 3.63) is 34.3 Å². The van der Waals surface area contributed by atoms with E-state index < -0.39 is 54.5 Å². The molecule has 11 heteroatoms. The van der Waals surface area contributed by atoms with Crippen LogP contribution in [-0.4, -0.2) is 61.1 Å². The summed E-state index contributed by atoms with van der Waals surface area (Å²) in [6.45, 7) is 4.68. The van der Waals surface area contributed by atoms with Crippen molar-refractivity contribution in [2.24, 2.45) is 0 Å². The molecule has 1 aromatic carbocycles. The highest BCUT2D eigenvalue weighted by Crippen LogP contribution is 2.28. The zero-order chi connectivity index (χ0) is 23.8. The Hall–Kier alpha value is -2.50. The molecule has 0 spiro atoms. The SMILES string of the molecule is CC(=O)N[C@@H]1[C@H](OCc2cccc(Br)c2)O[C@H](COC(C)=O)[C@H](OC(C)=O)[C@@H]1OC(C)=O. The van der Waals surface area contributed by atoms with Crippen LogP contribution < -0.4 is 5.32 Å². The van der Waals surface area contributed by atoms with E-state index in [1.54, 1.807) is 0 Å².